The highest BCUT2D eigenvalue weighted by molar-refractivity contribution is 9.10. The van der Waals surface area contributed by atoms with Crippen molar-refractivity contribution in [3.05, 3.63) is 50.4 Å². The van der Waals surface area contributed by atoms with Gasteiger partial charge in [0.1, 0.15) is 0 Å². The van der Waals surface area contributed by atoms with E-state index in [1.807, 2.05) is 23.7 Å². The van der Waals surface area contributed by atoms with E-state index in [2.05, 4.69) is 58.3 Å². The molecule has 1 atom stereocenters. The second-order valence-corrected chi connectivity index (χ2v) is 7.04. The molecule has 2 nitrogen and oxygen atoms in total. The minimum Gasteiger partial charge on any atom is -0.310 e. The van der Waals surface area contributed by atoms with Gasteiger partial charge in [-0.05, 0) is 59.1 Å². The van der Waals surface area contributed by atoms with Crippen LogP contribution in [0, 0.1) is 0 Å². The molecule has 0 bridgehead atoms. The zero-order chi connectivity index (χ0) is 14.4. The summed E-state index contributed by atoms with van der Waals surface area (Å²) in [5.74, 6) is 0. The predicted octanol–water partition coefficient (Wildman–Crippen LogP) is 4.75. The molecular weight excluding hydrogens is 332 g/mol. The lowest BCUT2D eigenvalue weighted by Gasteiger charge is -2.18. The van der Waals surface area contributed by atoms with Crippen molar-refractivity contribution in [1.82, 2.24) is 10.3 Å². The molecule has 0 radical (unpaired) electrons. The molecule has 1 unspecified atom stereocenters. The van der Waals surface area contributed by atoms with Crippen LogP contribution in [0.15, 0.2) is 35.1 Å². The summed E-state index contributed by atoms with van der Waals surface area (Å²) in [4.78, 5) is 7.19. The Hall–Kier alpha value is -0.710. The predicted molar refractivity (Wildman–Crippen MR) is 90.4 cm³/mol. The first kappa shape index (κ1) is 15.7. The first-order chi connectivity index (χ1) is 9.72. The van der Waals surface area contributed by atoms with Crippen molar-refractivity contribution >= 4 is 27.3 Å². The first-order valence-corrected chi connectivity index (χ1v) is 8.75. The van der Waals surface area contributed by atoms with Gasteiger partial charge in [-0.3, -0.25) is 4.98 Å². The van der Waals surface area contributed by atoms with E-state index < -0.39 is 0 Å². The summed E-state index contributed by atoms with van der Waals surface area (Å²) in [6, 6.07) is 7.00. The van der Waals surface area contributed by atoms with E-state index in [0.717, 1.165) is 30.3 Å². The van der Waals surface area contributed by atoms with E-state index in [9.17, 15) is 0 Å². The third-order valence-corrected chi connectivity index (χ3v) is 4.93. The Labute approximate surface area is 133 Å². The number of thiophene rings is 1. The fraction of sp³-hybridized carbons (Fsp3) is 0.438. The number of rotatable bonds is 7. The van der Waals surface area contributed by atoms with Crippen molar-refractivity contribution < 1.29 is 0 Å². The third kappa shape index (κ3) is 4.40. The number of aryl methyl sites for hydroxylation is 1. The molecule has 0 saturated carbocycles. The van der Waals surface area contributed by atoms with Crippen LogP contribution in [0.1, 0.15) is 41.6 Å². The molecule has 2 rings (SSSR count). The molecule has 20 heavy (non-hydrogen) atoms. The topological polar surface area (TPSA) is 24.9 Å². The summed E-state index contributed by atoms with van der Waals surface area (Å²) in [6.45, 7) is 5.44. The molecule has 0 fully saturated rings. The highest BCUT2D eigenvalue weighted by atomic mass is 79.9. The average molecular weight is 353 g/mol. The van der Waals surface area contributed by atoms with Gasteiger partial charge in [0, 0.05) is 39.1 Å². The Balaban J connectivity index is 2.14. The Morgan fingerprint density at radius 3 is 2.70 bits per heavy atom. The van der Waals surface area contributed by atoms with E-state index in [1.165, 1.54) is 15.3 Å². The maximum absolute atomic E-state index is 4.29. The second-order valence-electron chi connectivity index (χ2n) is 4.87. The molecule has 2 aromatic rings. The molecule has 4 heteroatoms. The molecule has 0 amide bonds. The molecule has 1 N–H and O–H groups in total. The average Bonchev–Trinajstić information content (AvgIpc) is 2.91. The fourth-order valence-corrected chi connectivity index (χ4v) is 3.55. The minimum atomic E-state index is 0.336. The smallest absolute Gasteiger partial charge is 0.0410 e. The van der Waals surface area contributed by atoms with Gasteiger partial charge in [0.15, 0.2) is 0 Å². The van der Waals surface area contributed by atoms with E-state index in [1.54, 1.807) is 0 Å². The molecule has 0 spiro atoms. The van der Waals surface area contributed by atoms with E-state index in [0.29, 0.717) is 6.04 Å². The molecule has 2 aromatic heterocycles. The summed E-state index contributed by atoms with van der Waals surface area (Å²) in [5.41, 5.74) is 1.25. The summed E-state index contributed by atoms with van der Waals surface area (Å²) < 4.78 is 1.04. The zero-order valence-corrected chi connectivity index (χ0v) is 14.4. The number of hydrogen-bond donors (Lipinski definition) is 1. The van der Waals surface area contributed by atoms with Crippen molar-refractivity contribution in [2.75, 3.05) is 6.54 Å². The van der Waals surface area contributed by atoms with E-state index in [-0.39, 0.29) is 0 Å². The van der Waals surface area contributed by atoms with Gasteiger partial charge in [-0.1, -0.05) is 13.8 Å². The zero-order valence-electron chi connectivity index (χ0n) is 12.0. The molecule has 0 aromatic carbocycles. The van der Waals surface area contributed by atoms with E-state index in [4.69, 9.17) is 0 Å². The standard InChI is InChI=1S/C16H21BrN2S/c1-3-7-19-16(12-8-13(17)11-18-10-12)9-15-6-5-14(4-2)20-15/h5-6,8,10-11,16,19H,3-4,7,9H2,1-2H3. The quantitative estimate of drug-likeness (QED) is 0.777. The third-order valence-electron chi connectivity index (χ3n) is 3.24. The second kappa shape index (κ2) is 7.91. The van der Waals surface area contributed by atoms with Gasteiger partial charge in [-0.25, -0.2) is 0 Å². The molecule has 0 aliphatic heterocycles. The Morgan fingerprint density at radius 1 is 1.25 bits per heavy atom. The van der Waals surface area contributed by atoms with Gasteiger partial charge in [0.25, 0.3) is 0 Å². The summed E-state index contributed by atoms with van der Waals surface area (Å²) >= 11 is 5.43. The number of nitrogens with one attached hydrogen (secondary N) is 1. The van der Waals surface area contributed by atoms with Crippen LogP contribution in [0.5, 0.6) is 0 Å². The maximum Gasteiger partial charge on any atom is 0.0410 e. The molecule has 0 aliphatic rings. The Kier molecular flexibility index (Phi) is 6.20. The molecule has 108 valence electrons. The van der Waals surface area contributed by atoms with Crippen LogP contribution in [0.3, 0.4) is 0 Å². The van der Waals surface area contributed by atoms with Gasteiger partial charge in [0.05, 0.1) is 0 Å². The van der Waals surface area contributed by atoms with E-state index >= 15 is 0 Å². The monoisotopic (exact) mass is 352 g/mol. The number of hydrogen-bond acceptors (Lipinski definition) is 3. The van der Waals surface area contributed by atoms with Crippen molar-refractivity contribution in [1.29, 1.82) is 0 Å². The van der Waals surface area contributed by atoms with Crippen LogP contribution in [-0.4, -0.2) is 11.5 Å². The van der Waals surface area contributed by atoms with Crippen LogP contribution in [-0.2, 0) is 12.8 Å². The van der Waals surface area contributed by atoms with Gasteiger partial charge >= 0.3 is 0 Å². The largest absolute Gasteiger partial charge is 0.310 e. The molecule has 2 heterocycles. The van der Waals surface area contributed by atoms with Crippen LogP contribution in [0.25, 0.3) is 0 Å². The van der Waals surface area contributed by atoms with Crippen molar-refractivity contribution in [3.63, 3.8) is 0 Å². The van der Waals surface area contributed by atoms with Gasteiger partial charge in [-0.15, -0.1) is 11.3 Å². The highest BCUT2D eigenvalue weighted by Gasteiger charge is 2.13. The first-order valence-electron chi connectivity index (χ1n) is 7.14. The number of aromatic nitrogens is 1. The van der Waals surface area contributed by atoms with Gasteiger partial charge in [-0.2, -0.15) is 0 Å². The van der Waals surface area contributed by atoms with Crippen molar-refractivity contribution in [2.24, 2.45) is 0 Å². The SMILES string of the molecule is CCCNC(Cc1ccc(CC)s1)c1cncc(Br)c1. The fourth-order valence-electron chi connectivity index (χ4n) is 2.17. The maximum atomic E-state index is 4.29. The molecule has 0 saturated heterocycles. The number of nitrogens with zero attached hydrogens (tertiary/aromatic N) is 1. The lowest BCUT2D eigenvalue weighted by molar-refractivity contribution is 0.530. The molecular formula is C16H21BrN2S. The summed E-state index contributed by atoms with van der Waals surface area (Å²) in [5, 5.41) is 3.63. The van der Waals surface area contributed by atoms with Crippen molar-refractivity contribution in [2.45, 2.75) is 39.2 Å². The van der Waals surface area contributed by atoms with Crippen LogP contribution < -0.4 is 5.32 Å². The lowest BCUT2D eigenvalue weighted by Crippen LogP contribution is -2.24. The van der Waals surface area contributed by atoms with Gasteiger partial charge < -0.3 is 5.32 Å². The van der Waals surface area contributed by atoms with Crippen LogP contribution in [0.2, 0.25) is 0 Å². The highest BCUT2D eigenvalue weighted by Crippen LogP contribution is 2.25. The summed E-state index contributed by atoms with van der Waals surface area (Å²) in [7, 11) is 0. The van der Waals surface area contributed by atoms with Crippen molar-refractivity contribution in [3.8, 4) is 0 Å². The van der Waals surface area contributed by atoms with Gasteiger partial charge in [0.2, 0.25) is 0 Å². The summed E-state index contributed by atoms with van der Waals surface area (Å²) in [6.07, 6.45) is 7.09. The molecule has 0 aliphatic carbocycles. The minimum absolute atomic E-state index is 0.336. The Bertz CT molecular complexity index is 539. The lowest BCUT2D eigenvalue weighted by atomic mass is 10.0. The van der Waals surface area contributed by atoms with Crippen LogP contribution >= 0.6 is 27.3 Å². The van der Waals surface area contributed by atoms with Crippen LogP contribution in [0.4, 0.5) is 0 Å². The normalized spacial score (nSPS) is 12.6. The number of pyridine rings is 1. The Morgan fingerprint density at radius 2 is 2.05 bits per heavy atom. The number of halogens is 1.